The van der Waals surface area contributed by atoms with Crippen LogP contribution in [-0.2, 0) is 0 Å². The molecular formula is C14H14F2N2O4. The molecule has 1 aromatic carbocycles. The summed E-state index contributed by atoms with van der Waals surface area (Å²) in [6, 6.07) is 4.34. The van der Waals surface area contributed by atoms with E-state index in [-0.39, 0.29) is 17.7 Å². The minimum Gasteiger partial charge on any atom is -0.486 e. The van der Waals surface area contributed by atoms with Gasteiger partial charge in [0.15, 0.2) is 11.5 Å². The van der Waals surface area contributed by atoms with Gasteiger partial charge in [-0.3, -0.25) is 4.79 Å². The number of fused-ring (bicyclic) bond motifs is 1. The van der Waals surface area contributed by atoms with Crippen LogP contribution in [-0.4, -0.2) is 47.1 Å². The number of carbonyl (C=O) groups excluding carboxylic acids is 1. The number of aliphatic hydroxyl groups is 1. The number of rotatable bonds is 2. The number of nitrogens with zero attached hydrogens (tertiary/aromatic N) is 2. The molecule has 0 aliphatic carbocycles. The van der Waals surface area contributed by atoms with Gasteiger partial charge in [-0.25, -0.2) is 8.78 Å². The standard InChI is InChI=1S/C14H14F2N2O4/c1-8-7-14(20,13(15)16)18(17-8)12(19)9-2-3-10-11(6-9)22-5-4-21-10/h2-3,6,13,20H,4-5,7H2,1H3. The van der Waals surface area contributed by atoms with Crippen molar-refractivity contribution in [3.05, 3.63) is 23.8 Å². The molecule has 22 heavy (non-hydrogen) atoms. The van der Waals surface area contributed by atoms with E-state index >= 15 is 0 Å². The Morgan fingerprint density at radius 1 is 1.36 bits per heavy atom. The van der Waals surface area contributed by atoms with Crippen LogP contribution < -0.4 is 9.47 Å². The highest BCUT2D eigenvalue weighted by molar-refractivity contribution is 5.98. The van der Waals surface area contributed by atoms with Crippen LogP contribution in [0, 0.1) is 0 Å². The average molecular weight is 312 g/mol. The lowest BCUT2D eigenvalue weighted by molar-refractivity contribution is -0.164. The molecule has 0 fully saturated rings. The van der Waals surface area contributed by atoms with Gasteiger partial charge in [0.1, 0.15) is 13.2 Å². The Labute approximate surface area is 124 Å². The number of carbonyl (C=O) groups is 1. The quantitative estimate of drug-likeness (QED) is 0.901. The normalized spacial score (nSPS) is 23.7. The van der Waals surface area contributed by atoms with Crippen LogP contribution >= 0.6 is 0 Å². The number of hydrazone groups is 1. The largest absolute Gasteiger partial charge is 0.486 e. The van der Waals surface area contributed by atoms with Gasteiger partial charge < -0.3 is 14.6 Å². The summed E-state index contributed by atoms with van der Waals surface area (Å²) in [5.41, 5.74) is -2.27. The van der Waals surface area contributed by atoms with Gasteiger partial charge in [-0.2, -0.15) is 10.1 Å². The lowest BCUT2D eigenvalue weighted by Gasteiger charge is -2.30. The van der Waals surface area contributed by atoms with Crippen LogP contribution in [0.2, 0.25) is 0 Å². The van der Waals surface area contributed by atoms with Gasteiger partial charge in [-0.05, 0) is 25.1 Å². The summed E-state index contributed by atoms with van der Waals surface area (Å²) in [5.74, 6) is 0.0160. The minimum atomic E-state index is -3.13. The lowest BCUT2D eigenvalue weighted by atomic mass is 10.1. The third kappa shape index (κ3) is 2.29. The first-order valence-corrected chi connectivity index (χ1v) is 6.70. The average Bonchev–Trinajstić information content (AvgIpc) is 2.82. The van der Waals surface area contributed by atoms with Gasteiger partial charge in [0.2, 0.25) is 5.72 Å². The maximum Gasteiger partial charge on any atom is 0.287 e. The van der Waals surface area contributed by atoms with E-state index in [1.165, 1.54) is 25.1 Å². The van der Waals surface area contributed by atoms with Crippen LogP contribution in [0.15, 0.2) is 23.3 Å². The van der Waals surface area contributed by atoms with Crippen molar-refractivity contribution in [3.63, 3.8) is 0 Å². The van der Waals surface area contributed by atoms with Crippen LogP contribution in [0.1, 0.15) is 23.7 Å². The molecule has 2 aliphatic rings. The Hall–Kier alpha value is -2.22. The number of alkyl halides is 2. The van der Waals surface area contributed by atoms with E-state index in [1.54, 1.807) is 0 Å². The number of amides is 1. The van der Waals surface area contributed by atoms with Crippen molar-refractivity contribution in [1.29, 1.82) is 0 Å². The molecule has 1 atom stereocenters. The first-order chi connectivity index (χ1) is 10.4. The Kier molecular flexibility index (Phi) is 3.48. The fourth-order valence-corrected chi connectivity index (χ4v) is 2.43. The molecule has 6 nitrogen and oxygen atoms in total. The molecule has 1 N–H and O–H groups in total. The zero-order valence-corrected chi connectivity index (χ0v) is 11.8. The minimum absolute atomic E-state index is 0.0850. The zero-order valence-electron chi connectivity index (χ0n) is 11.8. The molecular weight excluding hydrogens is 298 g/mol. The molecule has 0 spiro atoms. The number of hydrogen-bond acceptors (Lipinski definition) is 5. The summed E-state index contributed by atoms with van der Waals surface area (Å²) in [5, 5.41) is 14.2. The predicted octanol–water partition coefficient (Wildman–Crippen LogP) is 1.63. The third-order valence-electron chi connectivity index (χ3n) is 3.48. The van der Waals surface area contributed by atoms with Crippen LogP contribution in [0.3, 0.4) is 0 Å². The second-order valence-electron chi connectivity index (χ2n) is 5.17. The van der Waals surface area contributed by atoms with Gasteiger partial charge in [-0.1, -0.05) is 0 Å². The smallest absolute Gasteiger partial charge is 0.287 e. The van der Waals surface area contributed by atoms with E-state index in [9.17, 15) is 18.7 Å². The highest BCUT2D eigenvalue weighted by Crippen LogP contribution is 2.35. The molecule has 3 rings (SSSR count). The van der Waals surface area contributed by atoms with Crippen LogP contribution in [0.5, 0.6) is 11.5 Å². The molecule has 1 aromatic rings. The van der Waals surface area contributed by atoms with E-state index < -0.39 is 18.1 Å². The number of hydrogen-bond donors (Lipinski definition) is 1. The van der Waals surface area contributed by atoms with Gasteiger partial charge in [0, 0.05) is 17.7 Å². The molecule has 2 aliphatic heterocycles. The van der Waals surface area contributed by atoms with E-state index in [0.717, 1.165) is 0 Å². The first-order valence-electron chi connectivity index (χ1n) is 6.70. The molecule has 8 heteroatoms. The SMILES string of the molecule is CC1=NN(C(=O)c2ccc3c(c2)OCCO3)C(O)(C(F)F)C1. The summed E-state index contributed by atoms with van der Waals surface area (Å²) in [7, 11) is 0. The van der Waals surface area contributed by atoms with Gasteiger partial charge in [0.05, 0.1) is 0 Å². The maximum atomic E-state index is 13.1. The molecule has 0 aromatic heterocycles. The highest BCUT2D eigenvalue weighted by Gasteiger charge is 2.51. The lowest BCUT2D eigenvalue weighted by Crippen LogP contribution is -2.51. The fraction of sp³-hybridized carbons (Fsp3) is 0.429. The van der Waals surface area contributed by atoms with E-state index in [2.05, 4.69) is 5.10 Å². The fourth-order valence-electron chi connectivity index (χ4n) is 2.43. The molecule has 1 amide bonds. The second-order valence-corrected chi connectivity index (χ2v) is 5.17. The van der Waals surface area contributed by atoms with Crippen LogP contribution in [0.25, 0.3) is 0 Å². The van der Waals surface area contributed by atoms with Crippen molar-refractivity contribution >= 4 is 11.6 Å². The summed E-state index contributed by atoms with van der Waals surface area (Å²) < 4.78 is 37.0. The molecule has 0 saturated carbocycles. The number of halogens is 2. The number of ether oxygens (including phenoxy) is 2. The Balaban J connectivity index is 1.93. The molecule has 0 saturated heterocycles. The molecule has 2 heterocycles. The van der Waals surface area contributed by atoms with E-state index in [0.29, 0.717) is 29.7 Å². The van der Waals surface area contributed by atoms with Gasteiger partial charge in [0.25, 0.3) is 12.3 Å². The summed E-state index contributed by atoms with van der Waals surface area (Å²) in [6.07, 6.45) is -3.52. The summed E-state index contributed by atoms with van der Waals surface area (Å²) in [6.45, 7) is 2.22. The van der Waals surface area contributed by atoms with Crippen molar-refractivity contribution in [2.24, 2.45) is 5.10 Å². The summed E-state index contributed by atoms with van der Waals surface area (Å²) >= 11 is 0. The number of benzene rings is 1. The van der Waals surface area contributed by atoms with E-state index in [4.69, 9.17) is 9.47 Å². The highest BCUT2D eigenvalue weighted by atomic mass is 19.3. The maximum absolute atomic E-state index is 13.1. The van der Waals surface area contributed by atoms with Gasteiger partial charge >= 0.3 is 0 Å². The zero-order chi connectivity index (χ0) is 15.9. The molecule has 1 unspecified atom stereocenters. The molecule has 118 valence electrons. The van der Waals surface area contributed by atoms with Crippen molar-refractivity contribution in [3.8, 4) is 11.5 Å². The second kappa shape index (κ2) is 5.20. The van der Waals surface area contributed by atoms with Crippen molar-refractivity contribution < 1.29 is 28.2 Å². The van der Waals surface area contributed by atoms with Crippen LogP contribution in [0.4, 0.5) is 8.78 Å². The Morgan fingerprint density at radius 3 is 2.73 bits per heavy atom. The van der Waals surface area contributed by atoms with Crippen molar-refractivity contribution in [1.82, 2.24) is 5.01 Å². The predicted molar refractivity (Wildman–Crippen MR) is 72.3 cm³/mol. The van der Waals surface area contributed by atoms with Gasteiger partial charge in [-0.15, -0.1) is 0 Å². The first kappa shape index (κ1) is 14.7. The molecule has 0 bridgehead atoms. The topological polar surface area (TPSA) is 71.4 Å². The monoisotopic (exact) mass is 312 g/mol. The van der Waals surface area contributed by atoms with Crippen molar-refractivity contribution in [2.45, 2.75) is 25.5 Å². The molecule has 0 radical (unpaired) electrons. The third-order valence-corrected chi connectivity index (χ3v) is 3.48. The summed E-state index contributed by atoms with van der Waals surface area (Å²) in [4.78, 5) is 12.4. The van der Waals surface area contributed by atoms with Crippen molar-refractivity contribution in [2.75, 3.05) is 13.2 Å². The Bertz CT molecular complexity index is 650. The Morgan fingerprint density at radius 2 is 2.05 bits per heavy atom. The van der Waals surface area contributed by atoms with E-state index in [1.807, 2.05) is 0 Å².